The van der Waals surface area contributed by atoms with Gasteiger partial charge in [0.25, 0.3) is 0 Å². The molecular weight excluding hydrogens is 448 g/mol. The summed E-state index contributed by atoms with van der Waals surface area (Å²) in [5, 5.41) is 11.9. The van der Waals surface area contributed by atoms with Gasteiger partial charge in [-0.2, -0.15) is 0 Å². The number of hydrogen-bond acceptors (Lipinski definition) is 5. The Morgan fingerprint density at radius 2 is 1.66 bits per heavy atom. The first kappa shape index (κ1) is 24.7. The van der Waals surface area contributed by atoms with Gasteiger partial charge in [0, 0.05) is 32.7 Å². The summed E-state index contributed by atoms with van der Waals surface area (Å²) in [6.07, 6.45) is 1.19. The lowest BCUT2D eigenvalue weighted by Gasteiger charge is -2.40. The molecule has 2 amide bonds. The Balaban J connectivity index is 1.38. The van der Waals surface area contributed by atoms with Crippen molar-refractivity contribution >= 4 is 18.0 Å². The van der Waals surface area contributed by atoms with E-state index < -0.39 is 24.0 Å². The lowest BCUT2D eigenvalue weighted by atomic mass is 9.79. The molecule has 0 aromatic heterocycles. The summed E-state index contributed by atoms with van der Waals surface area (Å²) in [5.74, 6) is -1.57. The third-order valence-corrected chi connectivity index (χ3v) is 7.13. The van der Waals surface area contributed by atoms with Crippen LogP contribution >= 0.6 is 0 Å². The van der Waals surface area contributed by atoms with Crippen LogP contribution in [0.2, 0.25) is 0 Å². The molecule has 4 rings (SSSR count). The number of alkyl carbamates (subject to hydrolysis) is 1. The van der Waals surface area contributed by atoms with Crippen molar-refractivity contribution in [1.29, 1.82) is 0 Å². The molecule has 2 aromatic rings. The van der Waals surface area contributed by atoms with Gasteiger partial charge in [-0.25, -0.2) is 4.79 Å². The molecule has 0 spiro atoms. The summed E-state index contributed by atoms with van der Waals surface area (Å²) in [6.45, 7) is 0.627. The Hall–Kier alpha value is -3.39. The molecule has 1 unspecified atom stereocenters. The van der Waals surface area contributed by atoms with Gasteiger partial charge in [-0.1, -0.05) is 48.5 Å². The standard InChI is InChI=1S/C27H32N2O6/c1-29(18-14-17(15-18)26(31)32)25(30)24(12-7-13-34-2)28-27(33)35-16-23-21-10-5-3-8-19(21)20-9-4-6-11-22(20)23/h3-6,8-11,17-18,23-24H,7,12-16H2,1-2H3,(H,28,33)(H,31,32). The number of carbonyl (C=O) groups excluding carboxylic acids is 2. The van der Waals surface area contributed by atoms with Crippen molar-refractivity contribution in [1.82, 2.24) is 10.2 Å². The van der Waals surface area contributed by atoms with Crippen LogP contribution in [0.1, 0.15) is 42.7 Å². The highest BCUT2D eigenvalue weighted by Gasteiger charge is 2.40. The molecule has 8 heteroatoms. The van der Waals surface area contributed by atoms with Gasteiger partial charge in [0.05, 0.1) is 5.92 Å². The van der Waals surface area contributed by atoms with E-state index >= 15 is 0 Å². The van der Waals surface area contributed by atoms with Gasteiger partial charge in [-0.15, -0.1) is 0 Å². The van der Waals surface area contributed by atoms with Crippen molar-refractivity contribution in [3.05, 3.63) is 59.7 Å². The molecule has 186 valence electrons. The average molecular weight is 481 g/mol. The summed E-state index contributed by atoms with van der Waals surface area (Å²) in [5.41, 5.74) is 4.52. The molecule has 1 fully saturated rings. The van der Waals surface area contributed by atoms with Gasteiger partial charge in [0.15, 0.2) is 0 Å². The quantitative estimate of drug-likeness (QED) is 0.503. The zero-order chi connectivity index (χ0) is 24.9. The third kappa shape index (κ3) is 5.32. The second-order valence-electron chi connectivity index (χ2n) is 9.27. The predicted octanol–water partition coefficient (Wildman–Crippen LogP) is 3.64. The first-order valence-corrected chi connectivity index (χ1v) is 12.0. The van der Waals surface area contributed by atoms with Gasteiger partial charge in [-0.3, -0.25) is 9.59 Å². The minimum atomic E-state index is -0.837. The van der Waals surface area contributed by atoms with E-state index in [1.165, 1.54) is 0 Å². The number of methoxy groups -OCH3 is 1. The maximum atomic E-state index is 13.1. The van der Waals surface area contributed by atoms with Crippen molar-refractivity contribution in [2.75, 3.05) is 27.4 Å². The number of carboxylic acids is 1. The molecule has 2 aliphatic rings. The van der Waals surface area contributed by atoms with Crippen molar-refractivity contribution in [2.45, 2.75) is 43.7 Å². The fourth-order valence-corrected chi connectivity index (χ4v) is 5.00. The summed E-state index contributed by atoms with van der Waals surface area (Å²) >= 11 is 0. The van der Waals surface area contributed by atoms with Crippen LogP contribution in [0, 0.1) is 5.92 Å². The molecule has 2 aromatic carbocycles. The van der Waals surface area contributed by atoms with Gasteiger partial charge in [0.2, 0.25) is 5.91 Å². The van der Waals surface area contributed by atoms with E-state index in [2.05, 4.69) is 29.6 Å². The molecule has 0 radical (unpaired) electrons. The number of likely N-dealkylation sites (N-methyl/N-ethyl adjacent to an activating group) is 1. The Morgan fingerprint density at radius 1 is 1.06 bits per heavy atom. The smallest absolute Gasteiger partial charge is 0.407 e. The van der Waals surface area contributed by atoms with E-state index in [0.717, 1.165) is 22.3 Å². The van der Waals surface area contributed by atoms with Gasteiger partial charge >= 0.3 is 12.1 Å². The zero-order valence-corrected chi connectivity index (χ0v) is 20.1. The van der Waals surface area contributed by atoms with E-state index in [1.54, 1.807) is 19.1 Å². The summed E-state index contributed by atoms with van der Waals surface area (Å²) in [4.78, 5) is 38.6. The molecule has 0 bridgehead atoms. The average Bonchev–Trinajstić information content (AvgIpc) is 3.14. The number of carbonyl (C=O) groups is 3. The van der Waals surface area contributed by atoms with E-state index in [-0.39, 0.29) is 24.5 Å². The molecule has 0 aliphatic heterocycles. The zero-order valence-electron chi connectivity index (χ0n) is 20.1. The number of aliphatic carboxylic acids is 1. The number of fused-ring (bicyclic) bond motifs is 3. The molecule has 1 atom stereocenters. The second kappa shape index (κ2) is 10.9. The SMILES string of the molecule is COCCCC(NC(=O)OCC1c2ccccc2-c2ccccc21)C(=O)N(C)C1CC(C(=O)O)C1. The lowest BCUT2D eigenvalue weighted by molar-refractivity contribution is -0.150. The number of carboxylic acid groups (broad SMARTS) is 1. The molecular formula is C27H32N2O6. The van der Waals surface area contributed by atoms with Crippen molar-refractivity contribution < 1.29 is 29.0 Å². The van der Waals surface area contributed by atoms with E-state index in [9.17, 15) is 14.4 Å². The fourth-order valence-electron chi connectivity index (χ4n) is 5.00. The van der Waals surface area contributed by atoms with Crippen LogP contribution in [0.4, 0.5) is 4.79 Å². The van der Waals surface area contributed by atoms with Gasteiger partial charge in [0.1, 0.15) is 12.6 Å². The Morgan fingerprint density at radius 3 is 2.23 bits per heavy atom. The molecule has 1 saturated carbocycles. The van der Waals surface area contributed by atoms with Crippen molar-refractivity contribution in [3.63, 3.8) is 0 Å². The van der Waals surface area contributed by atoms with Crippen molar-refractivity contribution in [2.24, 2.45) is 5.92 Å². The van der Waals surface area contributed by atoms with E-state index in [0.29, 0.717) is 32.3 Å². The Labute approximate surface area is 205 Å². The van der Waals surface area contributed by atoms with Crippen LogP contribution in [0.3, 0.4) is 0 Å². The summed E-state index contributed by atoms with van der Waals surface area (Å²) < 4.78 is 10.7. The molecule has 2 aliphatic carbocycles. The first-order valence-electron chi connectivity index (χ1n) is 12.0. The number of benzene rings is 2. The molecule has 2 N–H and O–H groups in total. The van der Waals surface area contributed by atoms with Crippen molar-refractivity contribution in [3.8, 4) is 11.1 Å². The normalized spacial score (nSPS) is 19.1. The first-order chi connectivity index (χ1) is 16.9. The van der Waals surface area contributed by atoms with Gasteiger partial charge in [-0.05, 0) is 47.9 Å². The predicted molar refractivity (Wildman–Crippen MR) is 130 cm³/mol. The maximum absolute atomic E-state index is 13.1. The lowest BCUT2D eigenvalue weighted by Crippen LogP contribution is -2.54. The second-order valence-corrected chi connectivity index (χ2v) is 9.27. The summed E-state index contributed by atoms with van der Waals surface area (Å²) in [7, 11) is 3.25. The largest absolute Gasteiger partial charge is 0.481 e. The number of hydrogen-bond donors (Lipinski definition) is 2. The highest BCUT2D eigenvalue weighted by Crippen LogP contribution is 2.44. The minimum absolute atomic E-state index is 0.0682. The third-order valence-electron chi connectivity index (χ3n) is 7.13. The van der Waals surface area contributed by atoms with Crippen LogP contribution < -0.4 is 5.32 Å². The summed E-state index contributed by atoms with van der Waals surface area (Å²) in [6, 6.07) is 15.3. The highest BCUT2D eigenvalue weighted by atomic mass is 16.5. The van der Waals surface area contributed by atoms with Crippen LogP contribution in [-0.2, 0) is 19.1 Å². The van der Waals surface area contributed by atoms with E-state index in [4.69, 9.17) is 14.6 Å². The fraction of sp³-hybridized carbons (Fsp3) is 0.444. The number of rotatable bonds is 10. The molecule has 8 nitrogen and oxygen atoms in total. The molecule has 0 heterocycles. The Kier molecular flexibility index (Phi) is 7.70. The molecule has 0 saturated heterocycles. The van der Waals surface area contributed by atoms with E-state index in [1.807, 2.05) is 24.3 Å². The monoisotopic (exact) mass is 480 g/mol. The molecule has 35 heavy (non-hydrogen) atoms. The number of ether oxygens (including phenoxy) is 2. The number of amides is 2. The Bertz CT molecular complexity index is 1040. The van der Waals surface area contributed by atoms with Crippen LogP contribution in [0.5, 0.6) is 0 Å². The van der Waals surface area contributed by atoms with Crippen LogP contribution in [0.25, 0.3) is 11.1 Å². The highest BCUT2D eigenvalue weighted by molar-refractivity contribution is 5.86. The van der Waals surface area contributed by atoms with Crippen LogP contribution in [0.15, 0.2) is 48.5 Å². The van der Waals surface area contributed by atoms with Crippen LogP contribution in [-0.4, -0.2) is 67.4 Å². The van der Waals surface area contributed by atoms with Gasteiger partial charge < -0.3 is 24.8 Å². The minimum Gasteiger partial charge on any atom is -0.481 e. The maximum Gasteiger partial charge on any atom is 0.407 e. The topological polar surface area (TPSA) is 105 Å². The number of nitrogens with zero attached hydrogens (tertiary/aromatic N) is 1. The number of nitrogens with one attached hydrogen (secondary N) is 1.